The molecule has 0 N–H and O–H groups in total. The fraction of sp³-hybridized carbons (Fsp3) is 0.600. The molecule has 0 bridgehead atoms. The van der Waals surface area contributed by atoms with Crippen LogP contribution in [0.2, 0.25) is 0 Å². The predicted octanol–water partition coefficient (Wildman–Crippen LogP) is 0.893. The van der Waals surface area contributed by atoms with E-state index in [-0.39, 0.29) is 6.10 Å². The molecule has 0 aromatic heterocycles. The van der Waals surface area contributed by atoms with Crippen LogP contribution in [0.25, 0.3) is 0 Å². The van der Waals surface area contributed by atoms with E-state index in [0.717, 1.165) is 0 Å². The van der Waals surface area contributed by atoms with E-state index in [1.807, 2.05) is 6.92 Å². The average Bonchev–Trinajstić information content (AvgIpc) is 1.87. The van der Waals surface area contributed by atoms with Crippen LogP contribution in [0.15, 0.2) is 12.5 Å². The van der Waals surface area contributed by atoms with Gasteiger partial charge in [0.25, 0.3) is 5.95 Å². The van der Waals surface area contributed by atoms with Crippen molar-refractivity contribution < 1.29 is 9.47 Å². The first kappa shape index (κ1) is 4.50. The van der Waals surface area contributed by atoms with Crippen molar-refractivity contribution in [3.05, 3.63) is 12.5 Å². The molecule has 2 nitrogen and oxygen atoms in total. The predicted molar refractivity (Wildman–Crippen MR) is 25.6 cm³/mol. The second-order valence-corrected chi connectivity index (χ2v) is 1.61. The van der Waals surface area contributed by atoms with Crippen LogP contribution in [0.5, 0.6) is 0 Å². The van der Waals surface area contributed by atoms with Crippen molar-refractivity contribution in [2.45, 2.75) is 13.0 Å². The highest BCUT2D eigenvalue weighted by molar-refractivity contribution is 4.76. The van der Waals surface area contributed by atoms with E-state index in [4.69, 9.17) is 9.47 Å². The minimum Gasteiger partial charge on any atom is -0.462 e. The molecule has 0 aromatic rings. The van der Waals surface area contributed by atoms with Crippen LogP contribution in [0.4, 0.5) is 0 Å². The molecule has 0 aromatic carbocycles. The lowest BCUT2D eigenvalue weighted by molar-refractivity contribution is 0.152. The minimum absolute atomic E-state index is 0.201. The SMILES string of the molecule is C=C1OCC(C)O1. The zero-order valence-corrected chi connectivity index (χ0v) is 4.31. The second kappa shape index (κ2) is 1.45. The Bertz CT molecular complexity index is 88.1. The molecule has 0 spiro atoms. The molecule has 0 amide bonds. The van der Waals surface area contributed by atoms with Crippen molar-refractivity contribution in [2.24, 2.45) is 0 Å². The maximum Gasteiger partial charge on any atom is 0.272 e. The lowest BCUT2D eigenvalue weighted by Gasteiger charge is -1.93. The molecule has 1 heterocycles. The topological polar surface area (TPSA) is 18.5 Å². The number of ether oxygens (including phenoxy) is 2. The van der Waals surface area contributed by atoms with Crippen LogP contribution >= 0.6 is 0 Å². The maximum atomic E-state index is 4.94. The van der Waals surface area contributed by atoms with Gasteiger partial charge >= 0.3 is 0 Å². The van der Waals surface area contributed by atoms with Gasteiger partial charge in [-0.25, -0.2) is 0 Å². The van der Waals surface area contributed by atoms with Gasteiger partial charge in [-0.05, 0) is 13.5 Å². The first-order chi connectivity index (χ1) is 3.29. The molecule has 40 valence electrons. The van der Waals surface area contributed by atoms with Crippen LogP contribution in [0, 0.1) is 0 Å². The summed E-state index contributed by atoms with van der Waals surface area (Å²) >= 11 is 0. The van der Waals surface area contributed by atoms with Crippen LogP contribution in [0.1, 0.15) is 6.92 Å². The smallest absolute Gasteiger partial charge is 0.272 e. The van der Waals surface area contributed by atoms with Crippen LogP contribution < -0.4 is 0 Å². The summed E-state index contributed by atoms with van der Waals surface area (Å²) in [6.45, 7) is 6.05. The van der Waals surface area contributed by atoms with E-state index in [9.17, 15) is 0 Å². The van der Waals surface area contributed by atoms with E-state index in [2.05, 4.69) is 6.58 Å². The second-order valence-electron chi connectivity index (χ2n) is 1.61. The molecule has 7 heavy (non-hydrogen) atoms. The van der Waals surface area contributed by atoms with E-state index in [1.54, 1.807) is 0 Å². The van der Waals surface area contributed by atoms with E-state index in [1.165, 1.54) is 0 Å². The van der Waals surface area contributed by atoms with Gasteiger partial charge in [0, 0.05) is 0 Å². The third-order valence-corrected chi connectivity index (χ3v) is 0.812. The molecular formula is C5H8O2. The summed E-state index contributed by atoms with van der Waals surface area (Å²) in [7, 11) is 0. The van der Waals surface area contributed by atoms with Gasteiger partial charge in [-0.1, -0.05) is 0 Å². The van der Waals surface area contributed by atoms with Crippen molar-refractivity contribution in [1.29, 1.82) is 0 Å². The zero-order chi connectivity index (χ0) is 5.28. The molecular weight excluding hydrogens is 92.1 g/mol. The molecule has 1 saturated heterocycles. The van der Waals surface area contributed by atoms with Crippen LogP contribution in [0.3, 0.4) is 0 Å². The van der Waals surface area contributed by atoms with Gasteiger partial charge in [0.1, 0.15) is 12.7 Å². The molecule has 1 aliphatic rings. The van der Waals surface area contributed by atoms with Crippen molar-refractivity contribution in [3.63, 3.8) is 0 Å². The highest BCUT2D eigenvalue weighted by atomic mass is 16.7. The molecule has 2 heteroatoms. The number of hydrogen-bond acceptors (Lipinski definition) is 2. The van der Waals surface area contributed by atoms with E-state index >= 15 is 0 Å². The third-order valence-electron chi connectivity index (χ3n) is 0.812. The summed E-state index contributed by atoms with van der Waals surface area (Å²) in [6, 6.07) is 0. The first-order valence-corrected chi connectivity index (χ1v) is 2.27. The highest BCUT2D eigenvalue weighted by Gasteiger charge is 2.13. The van der Waals surface area contributed by atoms with Gasteiger partial charge < -0.3 is 9.47 Å². The Morgan fingerprint density at radius 1 is 1.86 bits per heavy atom. The van der Waals surface area contributed by atoms with Crippen molar-refractivity contribution >= 4 is 0 Å². The third kappa shape index (κ3) is 0.856. The Morgan fingerprint density at radius 2 is 2.57 bits per heavy atom. The Balaban J connectivity index is 2.40. The molecule has 1 rings (SSSR count). The molecule has 0 radical (unpaired) electrons. The van der Waals surface area contributed by atoms with Crippen molar-refractivity contribution in [3.8, 4) is 0 Å². The number of hydrogen-bond donors (Lipinski definition) is 0. The molecule has 1 fully saturated rings. The minimum atomic E-state index is 0.201. The summed E-state index contributed by atoms with van der Waals surface area (Å²) in [4.78, 5) is 0. The van der Waals surface area contributed by atoms with E-state index in [0.29, 0.717) is 12.6 Å². The van der Waals surface area contributed by atoms with Gasteiger partial charge in [0.15, 0.2) is 0 Å². The summed E-state index contributed by atoms with van der Waals surface area (Å²) < 4.78 is 9.79. The molecule has 1 aliphatic heterocycles. The van der Waals surface area contributed by atoms with Crippen LogP contribution in [-0.2, 0) is 9.47 Å². The summed E-state index contributed by atoms with van der Waals surface area (Å²) in [5.74, 6) is 0.451. The normalized spacial score (nSPS) is 29.3. The highest BCUT2D eigenvalue weighted by Crippen LogP contribution is 2.10. The lowest BCUT2D eigenvalue weighted by atomic mass is 10.5. The monoisotopic (exact) mass is 100 g/mol. The van der Waals surface area contributed by atoms with Crippen LogP contribution in [-0.4, -0.2) is 12.7 Å². The molecule has 0 aliphatic carbocycles. The standard InChI is InChI=1S/C5H8O2/c1-4-3-6-5(2)7-4/h4H,2-3H2,1H3. The molecule has 0 saturated carbocycles. The fourth-order valence-corrected chi connectivity index (χ4v) is 0.503. The summed E-state index contributed by atoms with van der Waals surface area (Å²) in [5.41, 5.74) is 0. The molecule has 1 atom stereocenters. The Labute approximate surface area is 42.7 Å². The Hall–Kier alpha value is -0.660. The van der Waals surface area contributed by atoms with Gasteiger partial charge in [-0.3, -0.25) is 0 Å². The Morgan fingerprint density at radius 3 is 2.71 bits per heavy atom. The van der Waals surface area contributed by atoms with Gasteiger partial charge in [-0.2, -0.15) is 0 Å². The lowest BCUT2D eigenvalue weighted by Crippen LogP contribution is -1.99. The quantitative estimate of drug-likeness (QED) is 0.450. The number of rotatable bonds is 0. The van der Waals surface area contributed by atoms with Gasteiger partial charge in [0.2, 0.25) is 0 Å². The maximum absolute atomic E-state index is 4.94. The zero-order valence-electron chi connectivity index (χ0n) is 4.31. The Kier molecular flexibility index (Phi) is 0.929. The summed E-state index contributed by atoms with van der Waals surface area (Å²) in [5, 5.41) is 0. The van der Waals surface area contributed by atoms with Crippen molar-refractivity contribution in [2.75, 3.05) is 6.61 Å². The summed E-state index contributed by atoms with van der Waals surface area (Å²) in [6.07, 6.45) is 0.201. The molecule has 1 unspecified atom stereocenters. The van der Waals surface area contributed by atoms with Gasteiger partial charge in [0.05, 0.1) is 0 Å². The average molecular weight is 100 g/mol. The van der Waals surface area contributed by atoms with E-state index < -0.39 is 0 Å². The fourth-order valence-electron chi connectivity index (χ4n) is 0.503. The first-order valence-electron chi connectivity index (χ1n) is 2.27. The van der Waals surface area contributed by atoms with Crippen molar-refractivity contribution in [1.82, 2.24) is 0 Å². The largest absolute Gasteiger partial charge is 0.462 e. The van der Waals surface area contributed by atoms with Gasteiger partial charge in [-0.15, -0.1) is 0 Å².